The zero-order valence-electron chi connectivity index (χ0n) is 6.87. The van der Waals surface area contributed by atoms with Crippen LogP contribution in [0.4, 0.5) is 0 Å². The van der Waals surface area contributed by atoms with Crippen LogP contribution in [0.1, 0.15) is 19.8 Å². The number of hydrogen-bond donors (Lipinski definition) is 0. The quantitative estimate of drug-likeness (QED) is 0.429. The highest BCUT2D eigenvalue weighted by Crippen LogP contribution is 2.50. The fourth-order valence-electron chi connectivity index (χ4n) is 0.467. The number of unbranched alkanes of at least 4 members (excludes halogenated alkanes) is 1. The maximum absolute atomic E-state index is 10.5. The van der Waals surface area contributed by atoms with Gasteiger partial charge in [0.05, 0.1) is 14.4 Å². The van der Waals surface area contributed by atoms with E-state index < -0.39 is 15.6 Å². The van der Waals surface area contributed by atoms with Crippen LogP contribution in [0.5, 0.6) is 0 Å². The fourth-order valence-corrected chi connectivity index (χ4v) is 1.99. The molecule has 0 rings (SSSR count). The van der Waals surface area contributed by atoms with E-state index in [4.69, 9.17) is 0 Å². The molecule has 0 aromatic heterocycles. The van der Waals surface area contributed by atoms with Crippen molar-refractivity contribution in [3.05, 3.63) is 0 Å². The Morgan fingerprint density at radius 3 is 2.15 bits per heavy atom. The smallest absolute Gasteiger partial charge is 0.271 e. The topological polar surface area (TPSA) is 122 Å². The van der Waals surface area contributed by atoms with Gasteiger partial charge < -0.3 is 23.8 Å². The van der Waals surface area contributed by atoms with E-state index in [1.807, 2.05) is 0 Å². The van der Waals surface area contributed by atoms with Gasteiger partial charge in [0.2, 0.25) is 0 Å². The summed E-state index contributed by atoms with van der Waals surface area (Å²) < 4.78 is 27.7. The minimum Gasteiger partial charge on any atom is -0.790 e. The van der Waals surface area contributed by atoms with Crippen molar-refractivity contribution in [3.8, 4) is 0 Å². The number of rotatable bonds is 6. The van der Waals surface area contributed by atoms with Crippen LogP contribution in [0.15, 0.2) is 0 Å². The Kier molecular flexibility index (Phi) is 5.32. The van der Waals surface area contributed by atoms with E-state index in [0.717, 1.165) is 0 Å². The van der Waals surface area contributed by atoms with Crippen LogP contribution in [0.25, 0.3) is 0 Å². The zero-order chi connectivity index (χ0) is 10.5. The predicted octanol–water partition coefficient (Wildman–Crippen LogP) is -0.883. The Labute approximate surface area is 75.5 Å². The molecule has 0 aliphatic heterocycles. The molecule has 0 aliphatic carbocycles. The van der Waals surface area contributed by atoms with Crippen LogP contribution in [0.2, 0.25) is 0 Å². The molecule has 0 aliphatic rings. The Balaban J connectivity index is 3.95. The third-order valence-corrected chi connectivity index (χ3v) is 3.05. The van der Waals surface area contributed by atoms with E-state index in [1.165, 1.54) is 0 Å². The second-order valence-corrected chi connectivity index (χ2v) is 4.86. The number of hydrogen-bond acceptors (Lipinski definition) is 7. The van der Waals surface area contributed by atoms with Crippen LogP contribution < -0.4 is 14.7 Å². The molecule has 0 saturated heterocycles. The van der Waals surface area contributed by atoms with Crippen molar-refractivity contribution in [2.24, 2.45) is 0 Å². The maximum Gasteiger partial charge on any atom is 0.271 e. The third kappa shape index (κ3) is 8.59. The average Bonchev–Trinajstić information content (AvgIpc) is 1.81. The van der Waals surface area contributed by atoms with Crippen molar-refractivity contribution >= 4 is 15.6 Å². The lowest BCUT2D eigenvalue weighted by molar-refractivity contribution is -0.339. The van der Waals surface area contributed by atoms with E-state index in [-0.39, 0.29) is 6.61 Å². The van der Waals surface area contributed by atoms with Gasteiger partial charge >= 0.3 is 0 Å². The van der Waals surface area contributed by atoms with E-state index in [9.17, 15) is 23.8 Å². The molecule has 0 bridgehead atoms. The van der Waals surface area contributed by atoms with Crippen LogP contribution in [0, 0.1) is 0 Å². The highest BCUT2D eigenvalue weighted by atomic mass is 31.3. The molecule has 13 heavy (non-hydrogen) atoms. The molecule has 1 atom stereocenters. The van der Waals surface area contributed by atoms with Gasteiger partial charge in [-0.3, -0.25) is 8.88 Å². The number of phosphoric ester groups is 1. The normalized spacial score (nSPS) is 16.9. The molecule has 0 N–H and O–H groups in total. The predicted molar refractivity (Wildman–Crippen MR) is 37.2 cm³/mol. The fraction of sp³-hybridized carbons (Fsp3) is 1.00. The molecule has 0 amide bonds. The SMILES string of the molecule is CCCCOP(=O)([O-])OP(=O)([O-])[O-]. The van der Waals surface area contributed by atoms with E-state index in [0.29, 0.717) is 12.8 Å². The van der Waals surface area contributed by atoms with Crippen LogP contribution in [0.3, 0.4) is 0 Å². The summed E-state index contributed by atoms with van der Waals surface area (Å²) in [6.07, 6.45) is 1.10. The minimum atomic E-state index is -5.54. The van der Waals surface area contributed by atoms with E-state index >= 15 is 0 Å². The minimum absolute atomic E-state index is 0.197. The van der Waals surface area contributed by atoms with Crippen LogP contribution in [-0.4, -0.2) is 6.61 Å². The van der Waals surface area contributed by atoms with Crippen molar-refractivity contribution in [3.63, 3.8) is 0 Å². The second-order valence-electron chi connectivity index (χ2n) is 2.16. The summed E-state index contributed by atoms with van der Waals surface area (Å²) in [5, 5.41) is 0. The van der Waals surface area contributed by atoms with Gasteiger partial charge in [-0.1, -0.05) is 13.3 Å². The molecular formula is C4H9O7P2-3. The highest BCUT2D eigenvalue weighted by molar-refractivity contribution is 7.58. The van der Waals surface area contributed by atoms with Crippen molar-refractivity contribution in [1.82, 2.24) is 0 Å². The summed E-state index contributed by atoms with van der Waals surface area (Å²) in [5.41, 5.74) is 0. The molecule has 7 nitrogen and oxygen atoms in total. The molecule has 0 spiro atoms. The van der Waals surface area contributed by atoms with Gasteiger partial charge in [0.15, 0.2) is 0 Å². The van der Waals surface area contributed by atoms with Gasteiger partial charge in [0, 0.05) is 0 Å². The lowest BCUT2D eigenvalue weighted by Gasteiger charge is -2.35. The standard InChI is InChI=1S/C4H12O7P2/c1-2-3-4-10-13(8,9)11-12(5,6)7/h2-4H2,1H3,(H,8,9)(H2,5,6,7)/p-3. The van der Waals surface area contributed by atoms with E-state index in [2.05, 4.69) is 8.83 Å². The van der Waals surface area contributed by atoms with Crippen LogP contribution >= 0.6 is 15.6 Å². The molecule has 1 unspecified atom stereocenters. The zero-order valence-corrected chi connectivity index (χ0v) is 8.66. The van der Waals surface area contributed by atoms with Gasteiger partial charge in [-0.15, -0.1) is 0 Å². The summed E-state index contributed by atoms with van der Waals surface area (Å²) in [6, 6.07) is 0. The first-order chi connectivity index (χ1) is 5.77. The highest BCUT2D eigenvalue weighted by Gasteiger charge is 2.10. The van der Waals surface area contributed by atoms with Gasteiger partial charge in [-0.2, -0.15) is 0 Å². The maximum atomic E-state index is 10.5. The van der Waals surface area contributed by atoms with Crippen molar-refractivity contribution < 1.29 is 32.6 Å². The molecule has 0 saturated carbocycles. The lowest BCUT2D eigenvalue weighted by Crippen LogP contribution is -2.19. The van der Waals surface area contributed by atoms with Gasteiger partial charge in [0.25, 0.3) is 7.82 Å². The summed E-state index contributed by atoms with van der Waals surface area (Å²) in [4.78, 5) is 30.3. The molecular weight excluding hydrogens is 222 g/mol. The summed E-state index contributed by atoms with van der Waals surface area (Å²) >= 11 is 0. The summed E-state index contributed by atoms with van der Waals surface area (Å²) in [5.74, 6) is 0. The molecule has 0 fully saturated rings. The molecule has 80 valence electrons. The lowest BCUT2D eigenvalue weighted by atomic mass is 10.4. The Morgan fingerprint density at radius 2 is 1.77 bits per heavy atom. The number of phosphoric acid groups is 2. The summed E-state index contributed by atoms with van der Waals surface area (Å²) in [7, 11) is -10.5. The Bertz CT molecular complexity index is 233. The summed E-state index contributed by atoms with van der Waals surface area (Å²) in [6.45, 7) is 1.59. The average molecular weight is 231 g/mol. The molecule has 0 aromatic carbocycles. The molecule has 9 heteroatoms. The van der Waals surface area contributed by atoms with Gasteiger partial charge in [-0.05, 0) is 6.42 Å². The van der Waals surface area contributed by atoms with Crippen LogP contribution in [-0.2, 0) is 18.0 Å². The second kappa shape index (κ2) is 5.22. The monoisotopic (exact) mass is 231 g/mol. The third-order valence-electron chi connectivity index (χ3n) is 0.947. The van der Waals surface area contributed by atoms with Crippen molar-refractivity contribution in [2.45, 2.75) is 19.8 Å². The Morgan fingerprint density at radius 1 is 1.23 bits per heavy atom. The largest absolute Gasteiger partial charge is 0.790 e. The molecule has 0 heterocycles. The molecule has 0 aromatic rings. The van der Waals surface area contributed by atoms with Gasteiger partial charge in [0.1, 0.15) is 0 Å². The van der Waals surface area contributed by atoms with Crippen molar-refractivity contribution in [1.29, 1.82) is 0 Å². The van der Waals surface area contributed by atoms with Crippen molar-refractivity contribution in [2.75, 3.05) is 6.61 Å². The molecule has 0 radical (unpaired) electrons. The van der Waals surface area contributed by atoms with E-state index in [1.54, 1.807) is 6.92 Å². The van der Waals surface area contributed by atoms with Gasteiger partial charge in [-0.25, -0.2) is 0 Å². The first-order valence-corrected chi connectivity index (χ1v) is 6.38. The first-order valence-electron chi connectivity index (χ1n) is 3.46. The first kappa shape index (κ1) is 13.3. The Hall–Kier alpha value is 0.260.